The van der Waals surface area contributed by atoms with Gasteiger partial charge in [0, 0.05) is 17.1 Å². The summed E-state index contributed by atoms with van der Waals surface area (Å²) in [5.74, 6) is -0.231. The van der Waals surface area contributed by atoms with Crippen LogP contribution < -0.4 is 0 Å². The average Bonchev–Trinajstić information content (AvgIpc) is 2.33. The van der Waals surface area contributed by atoms with Crippen molar-refractivity contribution in [3.63, 3.8) is 0 Å². The Morgan fingerprint density at radius 2 is 1.53 bits per heavy atom. The third-order valence-electron chi connectivity index (χ3n) is 2.11. The van der Waals surface area contributed by atoms with Gasteiger partial charge in [0.1, 0.15) is 5.82 Å². The third kappa shape index (κ3) is 4.14. The van der Waals surface area contributed by atoms with Crippen molar-refractivity contribution in [1.82, 2.24) is 4.98 Å². The Kier molecular flexibility index (Phi) is 7.11. The summed E-state index contributed by atoms with van der Waals surface area (Å²) in [5.41, 5.74) is 2.80. The molecule has 2 rings (SSSR count). The van der Waals surface area contributed by atoms with Gasteiger partial charge in [-0.1, -0.05) is 27.7 Å². The molecule has 0 spiro atoms. The fourth-order valence-corrected chi connectivity index (χ4v) is 1.54. The van der Waals surface area contributed by atoms with Gasteiger partial charge in [-0.15, -0.1) is 0 Å². The minimum absolute atomic E-state index is 0.231. The van der Waals surface area contributed by atoms with Crippen LogP contribution in [0.1, 0.15) is 39.0 Å². The van der Waals surface area contributed by atoms with E-state index >= 15 is 0 Å². The minimum atomic E-state index is -0.231. The smallest absolute Gasteiger partial charge is 0.125 e. The highest BCUT2D eigenvalue weighted by atomic mass is 19.1. The molecule has 0 atom stereocenters. The van der Waals surface area contributed by atoms with E-state index in [4.69, 9.17) is 0 Å². The molecule has 1 aromatic heterocycles. The van der Waals surface area contributed by atoms with E-state index in [0.717, 1.165) is 22.2 Å². The van der Waals surface area contributed by atoms with Crippen LogP contribution in [-0.2, 0) is 0 Å². The maximum Gasteiger partial charge on any atom is 0.125 e. The summed E-state index contributed by atoms with van der Waals surface area (Å²) in [6.45, 7) is 11.9. The fraction of sp³-hybridized carbons (Fsp3) is 0.400. The lowest BCUT2D eigenvalue weighted by Crippen LogP contribution is -1.87. The summed E-state index contributed by atoms with van der Waals surface area (Å²) >= 11 is 0. The third-order valence-corrected chi connectivity index (χ3v) is 2.11. The molecule has 0 aliphatic heterocycles. The molecule has 2 aromatic rings. The Bertz CT molecular complexity index is 458. The van der Waals surface area contributed by atoms with Crippen LogP contribution in [0.15, 0.2) is 24.3 Å². The van der Waals surface area contributed by atoms with Crippen molar-refractivity contribution in [2.45, 2.75) is 41.5 Å². The van der Waals surface area contributed by atoms with Crippen LogP contribution in [0.3, 0.4) is 0 Å². The molecule has 0 fully saturated rings. The summed E-state index contributed by atoms with van der Waals surface area (Å²) in [5, 5.41) is 1.02. The molecule has 1 heterocycles. The molecule has 94 valence electrons. The zero-order chi connectivity index (χ0) is 13.4. The van der Waals surface area contributed by atoms with Crippen molar-refractivity contribution in [2.24, 2.45) is 0 Å². The predicted octanol–water partition coefficient (Wildman–Crippen LogP) is 5.04. The average molecular weight is 235 g/mol. The van der Waals surface area contributed by atoms with E-state index in [1.54, 1.807) is 6.07 Å². The molecule has 0 N–H and O–H groups in total. The molecule has 0 radical (unpaired) electrons. The van der Waals surface area contributed by atoms with Crippen LogP contribution in [0.4, 0.5) is 4.39 Å². The number of benzene rings is 1. The second-order valence-corrected chi connectivity index (χ2v) is 3.24. The highest BCUT2D eigenvalue weighted by Gasteiger charge is 2.00. The second-order valence-electron chi connectivity index (χ2n) is 3.24. The van der Waals surface area contributed by atoms with E-state index in [-0.39, 0.29) is 5.82 Å². The first-order valence-corrected chi connectivity index (χ1v) is 6.20. The van der Waals surface area contributed by atoms with Gasteiger partial charge in [-0.25, -0.2) is 4.39 Å². The molecule has 0 amide bonds. The quantitative estimate of drug-likeness (QED) is 0.623. The lowest BCUT2D eigenvalue weighted by Gasteiger charge is -2.02. The molecule has 0 unspecified atom stereocenters. The number of nitrogens with zero attached hydrogens (tertiary/aromatic N) is 1. The van der Waals surface area contributed by atoms with Crippen LogP contribution in [-0.4, -0.2) is 4.98 Å². The number of halogens is 1. The van der Waals surface area contributed by atoms with Crippen molar-refractivity contribution in [2.75, 3.05) is 0 Å². The fourth-order valence-electron chi connectivity index (χ4n) is 1.54. The number of hydrogen-bond acceptors (Lipinski definition) is 1. The van der Waals surface area contributed by atoms with Crippen LogP contribution in [0.25, 0.3) is 10.9 Å². The van der Waals surface area contributed by atoms with Crippen molar-refractivity contribution >= 4 is 10.9 Å². The Labute approximate surface area is 104 Å². The van der Waals surface area contributed by atoms with Gasteiger partial charge >= 0.3 is 0 Å². The van der Waals surface area contributed by atoms with Gasteiger partial charge in [0.2, 0.25) is 0 Å². The van der Waals surface area contributed by atoms with E-state index in [1.807, 2.05) is 47.6 Å². The zero-order valence-corrected chi connectivity index (χ0v) is 11.6. The number of fused-ring (bicyclic) bond motifs is 1. The lowest BCUT2D eigenvalue weighted by molar-refractivity contribution is 0.629. The second kappa shape index (κ2) is 7.77. The molecular formula is C15H22FN. The Balaban J connectivity index is 0.000000581. The SMILES string of the molecule is CC.CC.Cc1cc(C)c2ccc(F)cc2n1. The molecule has 2 heteroatoms. The van der Waals surface area contributed by atoms with Crippen molar-refractivity contribution < 1.29 is 4.39 Å². The van der Waals surface area contributed by atoms with E-state index < -0.39 is 0 Å². The molecule has 0 aliphatic carbocycles. The first kappa shape index (κ1) is 15.6. The number of hydrogen-bond donors (Lipinski definition) is 0. The maximum atomic E-state index is 12.9. The van der Waals surface area contributed by atoms with E-state index in [9.17, 15) is 4.39 Å². The number of aromatic nitrogens is 1. The van der Waals surface area contributed by atoms with Crippen LogP contribution in [0.5, 0.6) is 0 Å². The first-order valence-electron chi connectivity index (χ1n) is 6.20. The summed E-state index contributed by atoms with van der Waals surface area (Å²) in [6.07, 6.45) is 0. The van der Waals surface area contributed by atoms with Gasteiger partial charge in [0.25, 0.3) is 0 Å². The van der Waals surface area contributed by atoms with Crippen molar-refractivity contribution in [3.8, 4) is 0 Å². The lowest BCUT2D eigenvalue weighted by atomic mass is 10.1. The zero-order valence-electron chi connectivity index (χ0n) is 11.6. The van der Waals surface area contributed by atoms with Gasteiger partial charge < -0.3 is 0 Å². The Hall–Kier alpha value is -1.44. The Morgan fingerprint density at radius 3 is 2.12 bits per heavy atom. The largest absolute Gasteiger partial charge is 0.253 e. The molecule has 0 aliphatic rings. The molecule has 17 heavy (non-hydrogen) atoms. The maximum absolute atomic E-state index is 12.9. The van der Waals surface area contributed by atoms with E-state index in [2.05, 4.69) is 4.98 Å². The van der Waals surface area contributed by atoms with Gasteiger partial charge in [0.15, 0.2) is 0 Å². The van der Waals surface area contributed by atoms with E-state index in [1.165, 1.54) is 12.1 Å². The van der Waals surface area contributed by atoms with Gasteiger partial charge in [0.05, 0.1) is 5.52 Å². The molecule has 1 nitrogen and oxygen atoms in total. The van der Waals surface area contributed by atoms with E-state index in [0.29, 0.717) is 0 Å². The molecule has 0 saturated heterocycles. The van der Waals surface area contributed by atoms with Gasteiger partial charge in [-0.3, -0.25) is 4.98 Å². The molecule has 0 saturated carbocycles. The topological polar surface area (TPSA) is 12.9 Å². The predicted molar refractivity (Wildman–Crippen MR) is 73.9 cm³/mol. The van der Waals surface area contributed by atoms with Crippen LogP contribution in [0.2, 0.25) is 0 Å². The number of aryl methyl sites for hydroxylation is 2. The Morgan fingerprint density at radius 1 is 0.941 bits per heavy atom. The molecule has 1 aromatic carbocycles. The summed E-state index contributed by atoms with van der Waals surface area (Å²) in [7, 11) is 0. The highest BCUT2D eigenvalue weighted by molar-refractivity contribution is 5.82. The minimum Gasteiger partial charge on any atom is -0.253 e. The van der Waals surface area contributed by atoms with Crippen molar-refractivity contribution in [1.29, 1.82) is 0 Å². The van der Waals surface area contributed by atoms with Crippen LogP contribution in [0, 0.1) is 19.7 Å². The highest BCUT2D eigenvalue weighted by Crippen LogP contribution is 2.18. The van der Waals surface area contributed by atoms with Gasteiger partial charge in [-0.2, -0.15) is 0 Å². The van der Waals surface area contributed by atoms with Crippen LogP contribution >= 0.6 is 0 Å². The summed E-state index contributed by atoms with van der Waals surface area (Å²) < 4.78 is 12.9. The van der Waals surface area contributed by atoms with Gasteiger partial charge in [-0.05, 0) is 37.6 Å². The first-order chi connectivity index (χ1) is 8.16. The monoisotopic (exact) mass is 235 g/mol. The summed E-state index contributed by atoms with van der Waals surface area (Å²) in [4.78, 5) is 4.26. The van der Waals surface area contributed by atoms with Crippen molar-refractivity contribution in [3.05, 3.63) is 41.3 Å². The molecule has 0 bridgehead atoms. The normalized spacial score (nSPS) is 8.88. The molecular weight excluding hydrogens is 213 g/mol. The number of rotatable bonds is 0. The standard InChI is InChI=1S/C11H10FN.2C2H6/c1-7-5-8(2)13-11-6-9(12)3-4-10(7)11;2*1-2/h3-6H,1-2H3;2*1-2H3. The summed E-state index contributed by atoms with van der Waals surface area (Å²) in [6, 6.07) is 6.70. The number of pyridine rings is 1.